The molecular weight excluding hydrogens is 174 g/mol. The third-order valence-electron chi connectivity index (χ3n) is 3.72. The van der Waals surface area contributed by atoms with Gasteiger partial charge < -0.3 is 4.74 Å². The Balaban J connectivity index is 1.82. The predicted molar refractivity (Wildman–Crippen MR) is 58.1 cm³/mol. The Labute approximate surface area is 87.4 Å². The summed E-state index contributed by atoms with van der Waals surface area (Å²) < 4.78 is 5.86. The molecule has 2 heteroatoms. The molecule has 2 rings (SSSR count). The predicted octanol–water partition coefficient (Wildman–Crippen LogP) is 2.54. The van der Waals surface area contributed by atoms with Crippen molar-refractivity contribution >= 4 is 0 Å². The topological polar surface area (TPSA) is 21.3 Å². The van der Waals surface area contributed by atoms with Crippen molar-refractivity contribution in [2.45, 2.75) is 58.2 Å². The van der Waals surface area contributed by atoms with E-state index in [-0.39, 0.29) is 0 Å². The van der Waals surface area contributed by atoms with E-state index in [0.717, 1.165) is 12.5 Å². The van der Waals surface area contributed by atoms with Crippen LogP contribution in [0.15, 0.2) is 0 Å². The van der Waals surface area contributed by atoms with Crippen LogP contribution in [0.4, 0.5) is 0 Å². The molecule has 14 heavy (non-hydrogen) atoms. The third-order valence-corrected chi connectivity index (χ3v) is 3.72. The molecule has 2 unspecified atom stereocenters. The van der Waals surface area contributed by atoms with Crippen molar-refractivity contribution in [1.29, 1.82) is 0 Å². The molecule has 0 bridgehead atoms. The largest absolute Gasteiger partial charge is 0.361 e. The van der Waals surface area contributed by atoms with E-state index in [9.17, 15) is 0 Å². The second kappa shape index (κ2) is 4.63. The van der Waals surface area contributed by atoms with Gasteiger partial charge in [0.1, 0.15) is 6.23 Å². The maximum atomic E-state index is 5.86. The van der Waals surface area contributed by atoms with Gasteiger partial charge >= 0.3 is 0 Å². The van der Waals surface area contributed by atoms with Gasteiger partial charge in [-0.3, -0.25) is 5.32 Å². The van der Waals surface area contributed by atoms with Gasteiger partial charge in [0, 0.05) is 6.04 Å². The number of rotatable bonds is 2. The molecule has 2 aliphatic rings. The van der Waals surface area contributed by atoms with Crippen LogP contribution in [0.5, 0.6) is 0 Å². The molecule has 1 aliphatic heterocycles. The average Bonchev–Trinajstić information content (AvgIpc) is 2.68. The fourth-order valence-corrected chi connectivity index (χ4v) is 2.61. The number of hydrogen-bond acceptors (Lipinski definition) is 2. The van der Waals surface area contributed by atoms with E-state index in [0.29, 0.717) is 18.2 Å². The Morgan fingerprint density at radius 1 is 1.14 bits per heavy atom. The monoisotopic (exact) mass is 197 g/mol. The van der Waals surface area contributed by atoms with E-state index in [4.69, 9.17) is 4.74 Å². The summed E-state index contributed by atoms with van der Waals surface area (Å²) in [7, 11) is 0. The molecular formula is C12H23NO. The summed E-state index contributed by atoms with van der Waals surface area (Å²) >= 11 is 0. The van der Waals surface area contributed by atoms with Crippen molar-refractivity contribution in [3.63, 3.8) is 0 Å². The molecule has 2 fully saturated rings. The molecule has 0 amide bonds. The zero-order valence-electron chi connectivity index (χ0n) is 9.46. The summed E-state index contributed by atoms with van der Waals surface area (Å²) in [5.74, 6) is 1.48. The molecule has 82 valence electrons. The molecule has 1 saturated heterocycles. The smallest absolute Gasteiger partial charge is 0.111 e. The van der Waals surface area contributed by atoms with Gasteiger partial charge in [-0.15, -0.1) is 0 Å². The van der Waals surface area contributed by atoms with Crippen molar-refractivity contribution in [2.24, 2.45) is 11.8 Å². The standard InChI is InChI=1S/C12H23NO/c1-9(2)11-8-14-12(13-11)10-6-4-3-5-7-10/h9-13H,3-8H2,1-2H3. The van der Waals surface area contributed by atoms with Crippen LogP contribution in [0.3, 0.4) is 0 Å². The molecule has 1 aliphatic carbocycles. The Kier molecular flexibility index (Phi) is 3.45. The zero-order valence-corrected chi connectivity index (χ0v) is 9.46. The Hall–Kier alpha value is -0.0800. The summed E-state index contributed by atoms with van der Waals surface area (Å²) in [4.78, 5) is 0. The second-order valence-corrected chi connectivity index (χ2v) is 5.17. The Morgan fingerprint density at radius 3 is 2.43 bits per heavy atom. The third kappa shape index (κ3) is 2.29. The fraction of sp³-hybridized carbons (Fsp3) is 1.00. The molecule has 1 saturated carbocycles. The lowest BCUT2D eigenvalue weighted by Crippen LogP contribution is -2.39. The lowest BCUT2D eigenvalue weighted by molar-refractivity contribution is 0.0365. The quantitative estimate of drug-likeness (QED) is 0.734. The Morgan fingerprint density at radius 2 is 1.86 bits per heavy atom. The highest BCUT2D eigenvalue weighted by atomic mass is 16.5. The zero-order chi connectivity index (χ0) is 9.97. The average molecular weight is 197 g/mol. The first-order chi connectivity index (χ1) is 6.77. The van der Waals surface area contributed by atoms with E-state index in [1.165, 1.54) is 32.1 Å². The normalized spacial score (nSPS) is 35.4. The van der Waals surface area contributed by atoms with Gasteiger partial charge in [-0.05, 0) is 24.7 Å². The van der Waals surface area contributed by atoms with Gasteiger partial charge in [-0.2, -0.15) is 0 Å². The van der Waals surface area contributed by atoms with Crippen LogP contribution in [0.2, 0.25) is 0 Å². The van der Waals surface area contributed by atoms with Crippen molar-refractivity contribution in [3.8, 4) is 0 Å². The molecule has 0 aromatic rings. The number of hydrogen-bond donors (Lipinski definition) is 1. The van der Waals surface area contributed by atoms with Gasteiger partial charge in [0.2, 0.25) is 0 Å². The van der Waals surface area contributed by atoms with E-state index >= 15 is 0 Å². The van der Waals surface area contributed by atoms with Crippen molar-refractivity contribution < 1.29 is 4.74 Å². The summed E-state index contributed by atoms with van der Waals surface area (Å²) in [5.41, 5.74) is 0. The number of nitrogens with one attached hydrogen (secondary N) is 1. The summed E-state index contributed by atoms with van der Waals surface area (Å²) in [5, 5.41) is 3.64. The molecule has 1 heterocycles. The van der Waals surface area contributed by atoms with Crippen LogP contribution in [0, 0.1) is 11.8 Å². The first kappa shape index (κ1) is 10.4. The SMILES string of the molecule is CC(C)C1COC(C2CCCCC2)N1. The van der Waals surface area contributed by atoms with Crippen LogP contribution >= 0.6 is 0 Å². The first-order valence-electron chi connectivity index (χ1n) is 6.15. The van der Waals surface area contributed by atoms with Crippen LogP contribution in [0.25, 0.3) is 0 Å². The van der Waals surface area contributed by atoms with Crippen LogP contribution in [-0.2, 0) is 4.74 Å². The van der Waals surface area contributed by atoms with E-state index in [1.54, 1.807) is 0 Å². The highest BCUT2D eigenvalue weighted by molar-refractivity contribution is 4.83. The molecule has 2 nitrogen and oxygen atoms in total. The minimum atomic E-state index is 0.364. The molecule has 2 atom stereocenters. The van der Waals surface area contributed by atoms with Gasteiger partial charge in [0.15, 0.2) is 0 Å². The van der Waals surface area contributed by atoms with E-state index in [2.05, 4.69) is 19.2 Å². The van der Waals surface area contributed by atoms with Gasteiger partial charge in [0.25, 0.3) is 0 Å². The van der Waals surface area contributed by atoms with Crippen LogP contribution in [-0.4, -0.2) is 18.9 Å². The fourth-order valence-electron chi connectivity index (χ4n) is 2.61. The maximum Gasteiger partial charge on any atom is 0.111 e. The maximum absolute atomic E-state index is 5.86. The summed E-state index contributed by atoms with van der Waals surface area (Å²) in [6.45, 7) is 5.45. The molecule has 0 aromatic heterocycles. The van der Waals surface area contributed by atoms with Gasteiger partial charge in [0.05, 0.1) is 6.61 Å². The van der Waals surface area contributed by atoms with Crippen molar-refractivity contribution in [2.75, 3.05) is 6.61 Å². The van der Waals surface area contributed by atoms with Gasteiger partial charge in [-0.25, -0.2) is 0 Å². The first-order valence-corrected chi connectivity index (χ1v) is 6.15. The summed E-state index contributed by atoms with van der Waals surface area (Å²) in [6, 6.07) is 0.585. The van der Waals surface area contributed by atoms with Crippen molar-refractivity contribution in [3.05, 3.63) is 0 Å². The highest BCUT2D eigenvalue weighted by Crippen LogP contribution is 2.29. The van der Waals surface area contributed by atoms with E-state index < -0.39 is 0 Å². The molecule has 0 spiro atoms. The number of ether oxygens (including phenoxy) is 1. The van der Waals surface area contributed by atoms with Crippen LogP contribution < -0.4 is 5.32 Å². The molecule has 0 aromatic carbocycles. The van der Waals surface area contributed by atoms with Gasteiger partial charge in [-0.1, -0.05) is 33.1 Å². The minimum absolute atomic E-state index is 0.364. The second-order valence-electron chi connectivity index (χ2n) is 5.17. The van der Waals surface area contributed by atoms with E-state index in [1.807, 2.05) is 0 Å². The molecule has 0 radical (unpaired) electrons. The lowest BCUT2D eigenvalue weighted by atomic mass is 9.88. The Bertz CT molecular complexity index is 175. The van der Waals surface area contributed by atoms with Crippen LogP contribution in [0.1, 0.15) is 46.0 Å². The lowest BCUT2D eigenvalue weighted by Gasteiger charge is -2.27. The van der Waals surface area contributed by atoms with Crippen molar-refractivity contribution in [1.82, 2.24) is 5.32 Å². The summed E-state index contributed by atoms with van der Waals surface area (Å²) in [6.07, 6.45) is 7.32. The highest BCUT2D eigenvalue weighted by Gasteiger charge is 2.32. The molecule has 1 N–H and O–H groups in total. The minimum Gasteiger partial charge on any atom is -0.361 e.